The second-order valence-electron chi connectivity index (χ2n) is 7.48. The van der Waals surface area contributed by atoms with E-state index >= 15 is 0 Å². The normalized spacial score (nSPS) is 13.2. The Morgan fingerprint density at radius 2 is 1.80 bits per heavy atom. The molecule has 30 heavy (non-hydrogen) atoms. The fourth-order valence-corrected chi connectivity index (χ4v) is 3.67. The van der Waals surface area contributed by atoms with E-state index in [0.717, 1.165) is 36.1 Å². The molecule has 0 unspecified atom stereocenters. The van der Waals surface area contributed by atoms with Gasteiger partial charge in [0.05, 0.1) is 22.2 Å². The molecule has 1 aromatic heterocycles. The van der Waals surface area contributed by atoms with Crippen LogP contribution in [0.3, 0.4) is 0 Å². The van der Waals surface area contributed by atoms with Crippen LogP contribution in [-0.2, 0) is 11.2 Å². The highest BCUT2D eigenvalue weighted by atomic mass is 16.2. The number of unbranched alkanes of at least 4 members (excludes halogenated alkanes) is 1. The lowest BCUT2D eigenvalue weighted by Crippen LogP contribution is -2.31. The third-order valence-corrected chi connectivity index (χ3v) is 5.25. The third-order valence-electron chi connectivity index (χ3n) is 5.25. The Morgan fingerprint density at radius 1 is 1.07 bits per heavy atom. The molecule has 1 aliphatic heterocycles. The van der Waals surface area contributed by atoms with E-state index < -0.39 is 0 Å². The molecule has 7 nitrogen and oxygen atoms in total. The quantitative estimate of drug-likeness (QED) is 0.556. The smallest absolute Gasteiger partial charge is 0.261 e. The molecule has 0 aliphatic carbocycles. The number of hydrogen-bond acceptors (Lipinski definition) is 4. The van der Waals surface area contributed by atoms with Crippen molar-refractivity contribution in [3.63, 3.8) is 0 Å². The molecule has 0 atom stereocenters. The molecule has 3 aromatic rings. The van der Waals surface area contributed by atoms with E-state index in [9.17, 15) is 14.4 Å². The summed E-state index contributed by atoms with van der Waals surface area (Å²) in [6, 6.07) is 12.4. The van der Waals surface area contributed by atoms with Crippen LogP contribution < -0.4 is 5.32 Å². The molecule has 0 bridgehead atoms. The fourth-order valence-electron chi connectivity index (χ4n) is 3.67. The third kappa shape index (κ3) is 3.96. The molecule has 3 amide bonds. The number of rotatable bonds is 8. The Hall–Kier alpha value is -3.48. The molecule has 154 valence electrons. The lowest BCUT2D eigenvalue weighted by molar-refractivity contribution is -0.116. The lowest BCUT2D eigenvalue weighted by Gasteiger charge is -2.13. The molecule has 7 heteroatoms. The monoisotopic (exact) mass is 404 g/mol. The predicted octanol–water partition coefficient (Wildman–Crippen LogP) is 3.92. The van der Waals surface area contributed by atoms with Crippen LogP contribution in [0, 0.1) is 0 Å². The van der Waals surface area contributed by atoms with Crippen LogP contribution in [0.5, 0.6) is 0 Å². The van der Waals surface area contributed by atoms with Crippen LogP contribution in [0.4, 0.5) is 5.69 Å². The standard InChI is InChI=1S/C23H24N4O3/c1-2-3-9-20-25-18-12-11-15(14-19(18)26-20)24-21(28)10-6-13-27-22(29)16-7-4-5-8-17(16)23(27)30/h4-5,7-8,11-12,14H,2-3,6,9-10,13H2,1H3,(H,24,28)(H,25,26). The van der Waals surface area contributed by atoms with Gasteiger partial charge in [-0.25, -0.2) is 4.98 Å². The van der Waals surface area contributed by atoms with Crippen LogP contribution in [0.2, 0.25) is 0 Å². The minimum atomic E-state index is -0.292. The van der Waals surface area contributed by atoms with Gasteiger partial charge in [0, 0.05) is 25.1 Å². The number of benzene rings is 2. The highest BCUT2D eigenvalue weighted by molar-refractivity contribution is 6.21. The Labute approximate surface area is 174 Å². The van der Waals surface area contributed by atoms with Gasteiger partial charge in [-0.2, -0.15) is 0 Å². The van der Waals surface area contributed by atoms with E-state index in [1.54, 1.807) is 24.3 Å². The number of H-pyrrole nitrogens is 1. The van der Waals surface area contributed by atoms with Crippen molar-refractivity contribution in [3.8, 4) is 0 Å². The van der Waals surface area contributed by atoms with Gasteiger partial charge in [-0.1, -0.05) is 25.5 Å². The summed E-state index contributed by atoms with van der Waals surface area (Å²) in [5.74, 6) is 0.215. The summed E-state index contributed by atoms with van der Waals surface area (Å²) in [7, 11) is 0. The maximum atomic E-state index is 12.4. The minimum Gasteiger partial charge on any atom is -0.342 e. The fraction of sp³-hybridized carbons (Fsp3) is 0.304. The second kappa shape index (κ2) is 8.49. The molecule has 2 aromatic carbocycles. The van der Waals surface area contributed by atoms with E-state index in [4.69, 9.17) is 0 Å². The van der Waals surface area contributed by atoms with Crippen molar-refractivity contribution in [1.82, 2.24) is 14.9 Å². The summed E-state index contributed by atoms with van der Waals surface area (Å²) < 4.78 is 0. The van der Waals surface area contributed by atoms with Crippen molar-refractivity contribution in [2.24, 2.45) is 0 Å². The summed E-state index contributed by atoms with van der Waals surface area (Å²) >= 11 is 0. The number of imide groups is 1. The molecule has 0 saturated heterocycles. The maximum Gasteiger partial charge on any atom is 0.261 e. The molecule has 0 fully saturated rings. The SMILES string of the molecule is CCCCc1nc2ccc(NC(=O)CCCN3C(=O)c4ccccc4C3=O)cc2[nH]1. The van der Waals surface area contributed by atoms with Crippen molar-refractivity contribution >= 4 is 34.4 Å². The van der Waals surface area contributed by atoms with E-state index in [2.05, 4.69) is 22.2 Å². The van der Waals surface area contributed by atoms with E-state index in [-0.39, 0.29) is 30.7 Å². The van der Waals surface area contributed by atoms with Crippen LogP contribution in [-0.4, -0.2) is 39.1 Å². The summed E-state index contributed by atoms with van der Waals surface area (Å²) in [6.07, 6.45) is 3.72. The van der Waals surface area contributed by atoms with Gasteiger partial charge in [-0.15, -0.1) is 0 Å². The van der Waals surface area contributed by atoms with Crippen LogP contribution in [0.15, 0.2) is 42.5 Å². The molecule has 0 spiro atoms. The Kier molecular flexibility index (Phi) is 5.61. The van der Waals surface area contributed by atoms with Gasteiger partial charge >= 0.3 is 0 Å². The number of carbonyl (C=O) groups is 3. The highest BCUT2D eigenvalue weighted by Gasteiger charge is 2.34. The van der Waals surface area contributed by atoms with E-state index in [1.807, 2.05) is 18.2 Å². The summed E-state index contributed by atoms with van der Waals surface area (Å²) in [5.41, 5.74) is 3.32. The molecule has 1 aliphatic rings. The number of fused-ring (bicyclic) bond motifs is 2. The molecule has 0 radical (unpaired) electrons. The number of aryl methyl sites for hydroxylation is 1. The summed E-state index contributed by atoms with van der Waals surface area (Å²) in [5, 5.41) is 2.88. The number of carbonyl (C=O) groups excluding carboxylic acids is 3. The van der Waals surface area contributed by atoms with E-state index in [1.165, 1.54) is 4.90 Å². The first-order valence-corrected chi connectivity index (χ1v) is 10.3. The van der Waals surface area contributed by atoms with Gasteiger partial charge in [-0.05, 0) is 43.2 Å². The molecule has 0 saturated carbocycles. The Morgan fingerprint density at radius 3 is 2.50 bits per heavy atom. The number of anilines is 1. The van der Waals surface area contributed by atoms with Crippen molar-refractivity contribution in [3.05, 3.63) is 59.4 Å². The van der Waals surface area contributed by atoms with Crippen molar-refractivity contribution in [2.45, 2.75) is 39.0 Å². The predicted molar refractivity (Wildman–Crippen MR) is 114 cm³/mol. The molecule has 2 heterocycles. The highest BCUT2D eigenvalue weighted by Crippen LogP contribution is 2.23. The van der Waals surface area contributed by atoms with Crippen LogP contribution in [0.25, 0.3) is 11.0 Å². The number of imidazole rings is 1. The largest absolute Gasteiger partial charge is 0.342 e. The first-order chi connectivity index (χ1) is 14.6. The van der Waals surface area contributed by atoms with Crippen molar-refractivity contribution in [2.75, 3.05) is 11.9 Å². The number of aromatic amines is 1. The van der Waals surface area contributed by atoms with Gasteiger partial charge in [0.2, 0.25) is 5.91 Å². The summed E-state index contributed by atoms with van der Waals surface area (Å²) in [4.78, 5) is 46.1. The van der Waals surface area contributed by atoms with Crippen molar-refractivity contribution < 1.29 is 14.4 Å². The summed E-state index contributed by atoms with van der Waals surface area (Å²) in [6.45, 7) is 2.37. The van der Waals surface area contributed by atoms with Gasteiger partial charge < -0.3 is 10.3 Å². The molecular weight excluding hydrogens is 380 g/mol. The maximum absolute atomic E-state index is 12.4. The number of nitrogens with zero attached hydrogens (tertiary/aromatic N) is 2. The Balaban J connectivity index is 1.31. The average Bonchev–Trinajstić information content (AvgIpc) is 3.26. The minimum absolute atomic E-state index is 0.156. The molecule has 4 rings (SSSR count). The van der Waals surface area contributed by atoms with Crippen LogP contribution in [0.1, 0.15) is 59.1 Å². The number of nitrogens with one attached hydrogen (secondary N) is 2. The van der Waals surface area contributed by atoms with Gasteiger partial charge in [0.1, 0.15) is 5.82 Å². The first kappa shape index (κ1) is 19.8. The lowest BCUT2D eigenvalue weighted by atomic mass is 10.1. The molecule has 2 N–H and O–H groups in total. The second-order valence-corrected chi connectivity index (χ2v) is 7.48. The molecular formula is C23H24N4O3. The zero-order valence-electron chi connectivity index (χ0n) is 16.9. The zero-order chi connectivity index (χ0) is 21.1. The van der Waals surface area contributed by atoms with Gasteiger partial charge in [-0.3, -0.25) is 19.3 Å². The van der Waals surface area contributed by atoms with Crippen molar-refractivity contribution in [1.29, 1.82) is 0 Å². The number of amides is 3. The van der Waals surface area contributed by atoms with Gasteiger partial charge in [0.25, 0.3) is 11.8 Å². The van der Waals surface area contributed by atoms with Gasteiger partial charge in [0.15, 0.2) is 0 Å². The number of aromatic nitrogens is 2. The average molecular weight is 404 g/mol. The van der Waals surface area contributed by atoms with Crippen LogP contribution >= 0.6 is 0 Å². The first-order valence-electron chi connectivity index (χ1n) is 10.3. The Bertz CT molecular complexity index is 1080. The zero-order valence-corrected chi connectivity index (χ0v) is 16.9. The van der Waals surface area contributed by atoms with E-state index in [0.29, 0.717) is 23.2 Å². The number of hydrogen-bond donors (Lipinski definition) is 2. The topological polar surface area (TPSA) is 95.2 Å².